The molecule has 1 N–H and O–H groups in total. The van der Waals surface area contributed by atoms with E-state index in [0.29, 0.717) is 29.7 Å². The van der Waals surface area contributed by atoms with Crippen LogP contribution in [-0.2, 0) is 11.2 Å². The minimum atomic E-state index is -0.368. The minimum Gasteiger partial charge on any atom is -0.497 e. The van der Waals surface area contributed by atoms with Gasteiger partial charge >= 0.3 is 5.63 Å². The lowest BCUT2D eigenvalue weighted by molar-refractivity contribution is -0.121. The van der Waals surface area contributed by atoms with Crippen molar-refractivity contribution in [2.24, 2.45) is 17.8 Å². The summed E-state index contributed by atoms with van der Waals surface area (Å²) in [7, 11) is 1.58. The highest BCUT2D eigenvalue weighted by Crippen LogP contribution is 2.49. The number of ether oxygens (including phenoxy) is 1. The van der Waals surface area contributed by atoms with Crippen LogP contribution < -0.4 is 15.7 Å². The first-order valence-corrected chi connectivity index (χ1v) is 10.4. The predicted molar refractivity (Wildman–Crippen MR) is 109 cm³/mol. The lowest BCUT2D eigenvalue weighted by atomic mass is 9.86. The van der Waals surface area contributed by atoms with Gasteiger partial charge in [0, 0.05) is 30.0 Å². The predicted octanol–water partition coefficient (Wildman–Crippen LogP) is 3.99. The molecule has 5 nitrogen and oxygen atoms in total. The van der Waals surface area contributed by atoms with E-state index in [4.69, 9.17) is 9.15 Å². The zero-order chi connectivity index (χ0) is 19.7. The summed E-state index contributed by atoms with van der Waals surface area (Å²) in [5.41, 5.74) is 1.61. The summed E-state index contributed by atoms with van der Waals surface area (Å²) in [4.78, 5) is 24.6. The summed E-state index contributed by atoms with van der Waals surface area (Å²) < 4.78 is 10.6. The molecule has 0 radical (unpaired) electrons. The summed E-state index contributed by atoms with van der Waals surface area (Å²) in [6.45, 7) is 2.66. The topological polar surface area (TPSA) is 68.5 Å². The van der Waals surface area contributed by atoms with E-state index in [1.807, 2.05) is 19.1 Å². The molecule has 0 aliphatic heterocycles. The van der Waals surface area contributed by atoms with Crippen LogP contribution in [0.5, 0.6) is 5.75 Å². The number of benzene rings is 1. The molecule has 1 aromatic heterocycles. The summed E-state index contributed by atoms with van der Waals surface area (Å²) in [6, 6.07) is 5.46. The Morgan fingerprint density at radius 2 is 2.14 bits per heavy atom. The van der Waals surface area contributed by atoms with Crippen LogP contribution in [0.4, 0.5) is 0 Å². The minimum absolute atomic E-state index is 0.0109. The van der Waals surface area contributed by atoms with Gasteiger partial charge in [0.1, 0.15) is 11.3 Å². The highest BCUT2D eigenvalue weighted by atomic mass is 16.5. The van der Waals surface area contributed by atoms with Gasteiger partial charge in [-0.25, -0.2) is 4.79 Å². The van der Waals surface area contributed by atoms with Gasteiger partial charge in [-0.15, -0.1) is 0 Å². The standard InChI is InChI=1S/C23H29NO4/c1-14-19-6-5-18(27-2)13-21(19)28-23(26)20(14)7-8-22(25)24-10-9-17-12-15-3-4-16(17)11-15/h5-6,13,15-17H,3-4,7-12H2,1-2H3,(H,24,25). The second-order valence-corrected chi connectivity index (χ2v) is 8.43. The van der Waals surface area contributed by atoms with Gasteiger partial charge < -0.3 is 14.5 Å². The van der Waals surface area contributed by atoms with Crippen molar-refractivity contribution in [1.82, 2.24) is 5.32 Å². The summed E-state index contributed by atoms with van der Waals surface area (Å²) in [5, 5.41) is 3.92. The van der Waals surface area contributed by atoms with Crippen molar-refractivity contribution >= 4 is 16.9 Å². The van der Waals surface area contributed by atoms with Gasteiger partial charge in [0.05, 0.1) is 7.11 Å². The van der Waals surface area contributed by atoms with Crippen LogP contribution in [0.25, 0.3) is 11.0 Å². The molecule has 3 atom stereocenters. The number of carbonyl (C=O) groups is 1. The van der Waals surface area contributed by atoms with Crippen molar-refractivity contribution in [3.63, 3.8) is 0 Å². The third-order valence-electron chi connectivity index (χ3n) is 6.82. The largest absolute Gasteiger partial charge is 0.497 e. The van der Waals surface area contributed by atoms with Crippen LogP contribution in [0.2, 0.25) is 0 Å². The highest BCUT2D eigenvalue weighted by molar-refractivity contribution is 5.82. The van der Waals surface area contributed by atoms with Gasteiger partial charge in [-0.05, 0) is 74.5 Å². The van der Waals surface area contributed by atoms with Gasteiger partial charge in [0.15, 0.2) is 0 Å². The summed E-state index contributed by atoms with van der Waals surface area (Å²) in [5.74, 6) is 3.30. The smallest absolute Gasteiger partial charge is 0.339 e. The van der Waals surface area contributed by atoms with Gasteiger partial charge in [-0.1, -0.05) is 6.42 Å². The highest BCUT2D eigenvalue weighted by Gasteiger charge is 2.38. The molecule has 1 amide bonds. The van der Waals surface area contributed by atoms with Gasteiger partial charge in [0.25, 0.3) is 0 Å². The van der Waals surface area contributed by atoms with Crippen LogP contribution in [-0.4, -0.2) is 19.6 Å². The molecule has 4 rings (SSSR count). The molecule has 0 saturated heterocycles. The molecule has 2 aliphatic rings. The molecule has 2 saturated carbocycles. The molecule has 2 bridgehead atoms. The fraction of sp³-hybridized carbons (Fsp3) is 0.565. The number of fused-ring (bicyclic) bond motifs is 3. The molecule has 0 spiro atoms. The van der Waals surface area contributed by atoms with Crippen LogP contribution >= 0.6 is 0 Å². The first-order valence-electron chi connectivity index (χ1n) is 10.4. The average Bonchev–Trinajstić information content (AvgIpc) is 3.30. The molecule has 2 aliphatic carbocycles. The summed E-state index contributed by atoms with van der Waals surface area (Å²) in [6.07, 6.45) is 7.34. The Morgan fingerprint density at radius 1 is 1.29 bits per heavy atom. The maximum Gasteiger partial charge on any atom is 0.339 e. The van der Waals surface area contributed by atoms with Crippen molar-refractivity contribution in [3.05, 3.63) is 39.7 Å². The maximum atomic E-state index is 12.4. The first-order chi connectivity index (χ1) is 13.5. The number of hydrogen-bond acceptors (Lipinski definition) is 4. The van der Waals surface area contributed by atoms with Crippen molar-refractivity contribution in [2.45, 2.75) is 51.9 Å². The van der Waals surface area contributed by atoms with E-state index < -0.39 is 0 Å². The number of carbonyl (C=O) groups excluding carboxylic acids is 1. The van der Waals surface area contributed by atoms with Crippen molar-refractivity contribution in [1.29, 1.82) is 0 Å². The van der Waals surface area contributed by atoms with Crippen LogP contribution in [0.3, 0.4) is 0 Å². The van der Waals surface area contributed by atoms with E-state index in [1.165, 1.54) is 25.7 Å². The van der Waals surface area contributed by atoms with E-state index in [2.05, 4.69) is 5.32 Å². The van der Waals surface area contributed by atoms with Crippen molar-refractivity contribution in [3.8, 4) is 5.75 Å². The molecule has 1 aromatic carbocycles. The van der Waals surface area contributed by atoms with Crippen molar-refractivity contribution in [2.75, 3.05) is 13.7 Å². The lowest BCUT2D eigenvalue weighted by Gasteiger charge is -2.21. The molecular weight excluding hydrogens is 354 g/mol. The van der Waals surface area contributed by atoms with E-state index in [9.17, 15) is 9.59 Å². The lowest BCUT2D eigenvalue weighted by Crippen LogP contribution is -2.27. The normalized spacial score (nSPS) is 23.3. The van der Waals surface area contributed by atoms with Crippen molar-refractivity contribution < 1.29 is 13.9 Å². The number of methoxy groups -OCH3 is 1. The summed E-state index contributed by atoms with van der Waals surface area (Å²) >= 11 is 0. The SMILES string of the molecule is COc1ccc2c(C)c(CCC(=O)NCCC3CC4CCC3C4)c(=O)oc2c1. The fourth-order valence-electron chi connectivity index (χ4n) is 5.24. The molecule has 150 valence electrons. The molecule has 2 aromatic rings. The van der Waals surface area contributed by atoms with E-state index in [1.54, 1.807) is 13.2 Å². The Labute approximate surface area is 165 Å². The number of aryl methyl sites for hydroxylation is 1. The van der Waals surface area contributed by atoms with Crippen LogP contribution in [0.1, 0.15) is 49.7 Å². The zero-order valence-corrected chi connectivity index (χ0v) is 16.8. The first kappa shape index (κ1) is 19.0. The van der Waals surface area contributed by atoms with Gasteiger partial charge in [-0.2, -0.15) is 0 Å². The van der Waals surface area contributed by atoms with Crippen LogP contribution in [0, 0.1) is 24.7 Å². The Balaban J connectivity index is 1.33. The second kappa shape index (κ2) is 7.98. The van der Waals surface area contributed by atoms with Gasteiger partial charge in [-0.3, -0.25) is 4.79 Å². The number of amides is 1. The quantitative estimate of drug-likeness (QED) is 0.734. The molecule has 2 fully saturated rings. The molecule has 28 heavy (non-hydrogen) atoms. The Bertz CT molecular complexity index is 932. The molecule has 1 heterocycles. The number of nitrogens with one attached hydrogen (secondary N) is 1. The molecular formula is C23H29NO4. The Morgan fingerprint density at radius 3 is 2.86 bits per heavy atom. The fourth-order valence-corrected chi connectivity index (χ4v) is 5.24. The molecule has 5 heteroatoms. The Hall–Kier alpha value is -2.30. The van der Waals surface area contributed by atoms with E-state index >= 15 is 0 Å². The number of rotatable bonds is 7. The average molecular weight is 383 g/mol. The van der Waals surface area contributed by atoms with Gasteiger partial charge in [0.2, 0.25) is 5.91 Å². The Kier molecular flexibility index (Phi) is 5.42. The van der Waals surface area contributed by atoms with Crippen LogP contribution in [0.15, 0.2) is 27.4 Å². The third kappa shape index (κ3) is 3.80. The number of hydrogen-bond donors (Lipinski definition) is 1. The van der Waals surface area contributed by atoms with E-state index in [0.717, 1.165) is 41.7 Å². The monoisotopic (exact) mass is 383 g/mol. The second-order valence-electron chi connectivity index (χ2n) is 8.43. The zero-order valence-electron chi connectivity index (χ0n) is 16.8. The molecule has 3 unspecified atom stereocenters. The maximum absolute atomic E-state index is 12.4. The third-order valence-corrected chi connectivity index (χ3v) is 6.82. The van der Waals surface area contributed by atoms with E-state index in [-0.39, 0.29) is 11.5 Å².